The maximum atomic E-state index is 15.0. The summed E-state index contributed by atoms with van der Waals surface area (Å²) < 4.78 is 5.24. The molecule has 4 aromatic rings. The number of halogens is 1. The molecule has 0 aromatic heterocycles. The Morgan fingerprint density at radius 1 is 0.750 bits per heavy atom. The largest absolute Gasteiger partial charge is 0.480 e. The third kappa shape index (κ3) is 8.83. The molecule has 1 aliphatic heterocycles. The van der Waals surface area contributed by atoms with E-state index >= 15 is 0 Å². The molecule has 1 saturated heterocycles. The molecule has 1 fully saturated rings. The summed E-state index contributed by atoms with van der Waals surface area (Å²) in [5, 5.41) is 9.11. The predicted molar refractivity (Wildman–Crippen MR) is 238 cm³/mol. The highest BCUT2D eigenvalue weighted by Crippen LogP contribution is 2.46. The fraction of sp³-hybridized carbons (Fsp3) is 0.396. The molecule has 12 heteroatoms. The average molecular weight is 837 g/mol. The number of carbonyl (C=O) groups excluding carboxylic acids is 5. The van der Waals surface area contributed by atoms with Gasteiger partial charge in [0.1, 0.15) is 18.0 Å². The zero-order valence-corrected chi connectivity index (χ0v) is 37.2. The second kappa shape index (κ2) is 17.6. The molecule has 0 spiro atoms. The topological polar surface area (TPSA) is 134 Å². The minimum atomic E-state index is -2.74. The number of hydrogen-bond acceptors (Lipinski definition) is 6. The molecule has 60 heavy (non-hydrogen) atoms. The van der Waals surface area contributed by atoms with Crippen molar-refractivity contribution in [3.63, 3.8) is 0 Å². The molecule has 6 amide bonds. The van der Waals surface area contributed by atoms with Crippen LogP contribution in [0.2, 0.25) is 0 Å². The number of benzene rings is 4. The molecule has 318 valence electrons. The first-order chi connectivity index (χ1) is 28.2. The molecule has 1 aliphatic rings. The number of imide groups is 1. The van der Waals surface area contributed by atoms with E-state index in [1.165, 1.54) is 11.6 Å². The zero-order chi connectivity index (χ0) is 44.3. The Bertz CT molecular complexity index is 2240. The zero-order valence-electron chi connectivity index (χ0n) is 36.4. The quantitative estimate of drug-likeness (QED) is 0.0445. The van der Waals surface area contributed by atoms with E-state index in [9.17, 15) is 24.0 Å². The molecule has 0 aliphatic carbocycles. The highest BCUT2D eigenvalue weighted by atomic mass is 35.5. The van der Waals surface area contributed by atoms with E-state index in [4.69, 9.17) is 16.3 Å². The Labute approximate surface area is 359 Å². The van der Waals surface area contributed by atoms with Crippen molar-refractivity contribution in [1.29, 1.82) is 0 Å². The normalized spacial score (nSPS) is 17.4. The summed E-state index contributed by atoms with van der Waals surface area (Å²) in [6.45, 7) is 19.4. The van der Waals surface area contributed by atoms with Crippen LogP contribution in [-0.4, -0.2) is 45.4 Å². The molecule has 11 nitrogen and oxygen atoms in total. The maximum Gasteiger partial charge on any atom is 0.452 e. The van der Waals surface area contributed by atoms with E-state index in [-0.39, 0.29) is 28.7 Å². The van der Waals surface area contributed by atoms with E-state index in [1.54, 1.807) is 99.6 Å². The predicted octanol–water partition coefficient (Wildman–Crippen LogP) is 10.6. The molecule has 3 atom stereocenters. The van der Waals surface area contributed by atoms with Crippen LogP contribution in [0.1, 0.15) is 105 Å². The van der Waals surface area contributed by atoms with Gasteiger partial charge in [0.05, 0.1) is 0 Å². The van der Waals surface area contributed by atoms with Gasteiger partial charge in [-0.15, -0.1) is 5.01 Å². The molecule has 3 unspecified atom stereocenters. The first-order valence-electron chi connectivity index (χ1n) is 20.6. The Kier molecular flexibility index (Phi) is 13.4. The van der Waals surface area contributed by atoms with E-state index in [0.29, 0.717) is 23.4 Å². The van der Waals surface area contributed by atoms with Crippen LogP contribution in [0.15, 0.2) is 103 Å². The van der Waals surface area contributed by atoms with Crippen molar-refractivity contribution < 1.29 is 33.3 Å². The summed E-state index contributed by atoms with van der Waals surface area (Å²) >= 11 is 7.52. The van der Waals surface area contributed by atoms with Crippen LogP contribution in [0, 0.1) is 5.41 Å². The summed E-state index contributed by atoms with van der Waals surface area (Å²) in [7, 11) is 0. The molecule has 1 heterocycles. The molecule has 3 N–H and O–H groups in total. The molecule has 0 radical (unpaired) electrons. The van der Waals surface area contributed by atoms with Gasteiger partial charge in [-0.05, 0) is 83.7 Å². The van der Waals surface area contributed by atoms with Crippen LogP contribution >= 0.6 is 11.6 Å². The van der Waals surface area contributed by atoms with Crippen LogP contribution < -0.4 is 25.7 Å². The van der Waals surface area contributed by atoms with Gasteiger partial charge in [0.2, 0.25) is 5.78 Å². The van der Waals surface area contributed by atoms with Gasteiger partial charge in [0.25, 0.3) is 5.91 Å². The lowest BCUT2D eigenvalue weighted by Gasteiger charge is -2.46. The molecule has 0 saturated carbocycles. The van der Waals surface area contributed by atoms with E-state index in [1.807, 2.05) is 13.0 Å². The highest BCUT2D eigenvalue weighted by Gasteiger charge is 2.75. The number of Topliss-reactive ketones (excluding diaryl/α,β-unsaturated/α-hetero) is 1. The Morgan fingerprint density at radius 3 is 1.90 bits per heavy atom. The van der Waals surface area contributed by atoms with Crippen molar-refractivity contribution >= 4 is 58.3 Å². The van der Waals surface area contributed by atoms with Gasteiger partial charge in [-0.3, -0.25) is 14.4 Å². The lowest BCUT2D eigenvalue weighted by atomic mass is 9.76. The third-order valence-corrected chi connectivity index (χ3v) is 12.3. The van der Waals surface area contributed by atoms with Crippen molar-refractivity contribution in [3.8, 4) is 5.75 Å². The van der Waals surface area contributed by atoms with Gasteiger partial charge in [-0.1, -0.05) is 141 Å². The molecular weight excluding hydrogens is 778 g/mol. The Balaban J connectivity index is 1.51. The number of para-hydroxylation sites is 1. The molecule has 4 aromatic carbocycles. The van der Waals surface area contributed by atoms with Gasteiger partial charge < -0.3 is 15.4 Å². The van der Waals surface area contributed by atoms with Crippen LogP contribution in [-0.2, 0) is 31.8 Å². The van der Waals surface area contributed by atoms with Crippen molar-refractivity contribution in [2.75, 3.05) is 15.6 Å². The lowest BCUT2D eigenvalue weighted by Crippen LogP contribution is -2.77. The van der Waals surface area contributed by atoms with Gasteiger partial charge in [-0.2, -0.15) is 0 Å². The lowest BCUT2D eigenvalue weighted by molar-refractivity contribution is -0.877. The summed E-state index contributed by atoms with van der Waals surface area (Å²) in [6, 6.07) is 27.8. The number of nitrogens with one attached hydrogen (secondary N) is 3. The van der Waals surface area contributed by atoms with Crippen molar-refractivity contribution in [2.24, 2.45) is 5.41 Å². The third-order valence-electron chi connectivity index (χ3n) is 11.7. The molecular formula is C48H59ClN5O6+. The summed E-state index contributed by atoms with van der Waals surface area (Å²) in [5.74, 6) is -1.61. The number of anilines is 3. The number of alkyl halides is 1. The SMILES string of the molecule is CCC(Oc1ccc(C(C)(C)CC)cc1C(C)(C)CC)C(=O)Nc1cccc(NC(=O)C(Cl)(C(=O)C(C)(C)C)[N+]2(Cc3ccccc3)C(=O)NC(=O)N2c2ccccc2)c1. The number of urea groups is 2. The first-order valence-corrected chi connectivity index (χ1v) is 20.9. The number of quaternary nitrogens is 1. The molecule has 5 rings (SSSR count). The van der Waals surface area contributed by atoms with Crippen molar-refractivity contribution in [3.05, 3.63) is 120 Å². The van der Waals surface area contributed by atoms with Crippen LogP contribution in [0.3, 0.4) is 0 Å². The smallest absolute Gasteiger partial charge is 0.452 e. The van der Waals surface area contributed by atoms with Crippen molar-refractivity contribution in [2.45, 2.75) is 117 Å². The second-order valence-electron chi connectivity index (χ2n) is 17.7. The second-order valence-corrected chi connectivity index (χ2v) is 18.3. The Morgan fingerprint density at radius 2 is 1.33 bits per heavy atom. The van der Waals surface area contributed by atoms with Crippen LogP contribution in [0.4, 0.5) is 26.7 Å². The van der Waals surface area contributed by atoms with E-state index < -0.39 is 50.8 Å². The number of rotatable bonds is 16. The van der Waals surface area contributed by atoms with Gasteiger partial charge in [-0.25, -0.2) is 14.9 Å². The van der Waals surface area contributed by atoms with Crippen molar-refractivity contribution in [1.82, 2.24) is 5.32 Å². The number of ketones is 1. The number of nitrogens with zero attached hydrogens (tertiary/aromatic N) is 2. The minimum Gasteiger partial charge on any atom is -0.480 e. The van der Waals surface area contributed by atoms with Gasteiger partial charge >= 0.3 is 23.0 Å². The summed E-state index contributed by atoms with van der Waals surface area (Å²) in [6.07, 6.45) is 1.35. The molecule has 0 bridgehead atoms. The van der Waals surface area contributed by atoms with Gasteiger partial charge in [0, 0.05) is 27.9 Å². The number of amides is 6. The number of ether oxygens (including phenoxy) is 1. The van der Waals surface area contributed by atoms with Gasteiger partial charge in [0.15, 0.2) is 6.10 Å². The average Bonchev–Trinajstić information content (AvgIpc) is 3.47. The standard InChI is InChI=1S/C48H58ClN5O6/c1-11-38(60-39-28-27-33(46(7,8)12-2)29-37(39)47(9,10)13-3)40(55)50-34-23-20-24-35(30-34)51-42(57)48(49,41(56)45(4,5)6)54(31-32-21-16-14-17-22-32)44(59)52-43(58)53(54)36-25-18-15-19-26-36/h14-30,38H,11-13,31H2,1-10H3,(H2-,50,51,52,55,57,58,59)/p+1. The van der Waals surface area contributed by atoms with Crippen LogP contribution in [0.5, 0.6) is 5.75 Å². The summed E-state index contributed by atoms with van der Waals surface area (Å²) in [4.78, 5) is 69.1. The van der Waals surface area contributed by atoms with E-state index in [2.05, 4.69) is 69.6 Å². The number of hydrogen-bond donors (Lipinski definition) is 3. The fourth-order valence-corrected chi connectivity index (χ4v) is 7.79. The fourth-order valence-electron chi connectivity index (χ4n) is 7.24. The maximum absolute atomic E-state index is 15.0. The number of carbonyl (C=O) groups is 5. The minimum absolute atomic E-state index is 0.0358. The summed E-state index contributed by atoms with van der Waals surface area (Å²) in [5.41, 5.74) is 1.98. The van der Waals surface area contributed by atoms with Crippen LogP contribution in [0.25, 0.3) is 0 Å². The Hall–Kier alpha value is -5.52. The van der Waals surface area contributed by atoms with E-state index in [0.717, 1.165) is 23.4 Å². The highest BCUT2D eigenvalue weighted by molar-refractivity contribution is 6.47. The monoisotopic (exact) mass is 836 g/mol. The first kappa shape index (κ1) is 45.6.